The van der Waals surface area contributed by atoms with Gasteiger partial charge in [-0.05, 0) is 30.3 Å². The molecule has 1 N–H and O–H groups in total. The van der Waals surface area contributed by atoms with Gasteiger partial charge in [0.2, 0.25) is 5.76 Å². The summed E-state index contributed by atoms with van der Waals surface area (Å²) in [4.78, 5) is 37.6. The lowest BCUT2D eigenvalue weighted by Crippen LogP contribution is -2.30. The lowest BCUT2D eigenvalue weighted by Gasteiger charge is -2.12. The Morgan fingerprint density at radius 3 is 2.77 bits per heavy atom. The van der Waals surface area contributed by atoms with Crippen molar-refractivity contribution in [3.05, 3.63) is 51.5 Å². The van der Waals surface area contributed by atoms with Gasteiger partial charge in [0.1, 0.15) is 17.5 Å². The number of benzene rings is 1. The highest BCUT2D eigenvalue weighted by molar-refractivity contribution is 9.10. The Bertz CT molecular complexity index is 1120. The number of carbonyl (C=O) groups is 3. The summed E-state index contributed by atoms with van der Waals surface area (Å²) in [6.07, 6.45) is 1.42. The van der Waals surface area contributed by atoms with Crippen LogP contribution in [-0.2, 0) is 16.1 Å². The van der Waals surface area contributed by atoms with Gasteiger partial charge in [0.15, 0.2) is 18.1 Å². The third-order valence-corrected chi connectivity index (χ3v) is 4.63. The molecule has 0 unspecified atom stereocenters. The van der Waals surface area contributed by atoms with Crippen molar-refractivity contribution >= 4 is 39.9 Å². The molecule has 31 heavy (non-hydrogen) atoms. The lowest BCUT2D eigenvalue weighted by atomic mass is 10.1. The molecule has 0 bridgehead atoms. The highest BCUT2D eigenvalue weighted by atomic mass is 79.9. The zero-order chi connectivity index (χ0) is 22.5. The van der Waals surface area contributed by atoms with Crippen LogP contribution in [0.25, 0.3) is 6.08 Å². The number of furan rings is 1. The van der Waals surface area contributed by atoms with Gasteiger partial charge in [-0.15, -0.1) is 0 Å². The Morgan fingerprint density at radius 2 is 2.10 bits per heavy atom. The Hall–Kier alpha value is -3.78. The molecule has 10 nitrogen and oxygen atoms in total. The van der Waals surface area contributed by atoms with Crippen LogP contribution in [0.2, 0.25) is 0 Å². The minimum Gasteiger partial charge on any atom is -0.493 e. The number of nitrogens with zero attached hydrogens (tertiary/aromatic N) is 2. The number of carbonyl (C=O) groups excluding carboxylic acids is 3. The average Bonchev–Trinajstić information content (AvgIpc) is 3.32. The van der Waals surface area contributed by atoms with E-state index < -0.39 is 17.9 Å². The van der Waals surface area contributed by atoms with Gasteiger partial charge in [-0.2, -0.15) is 5.26 Å². The number of hydrogen-bond acceptors (Lipinski definition) is 8. The first-order chi connectivity index (χ1) is 14.9. The second-order valence-electron chi connectivity index (χ2n) is 6.11. The van der Waals surface area contributed by atoms with Crippen LogP contribution in [-0.4, -0.2) is 43.6 Å². The summed E-state index contributed by atoms with van der Waals surface area (Å²) in [5.74, 6) is -0.498. The lowest BCUT2D eigenvalue weighted by molar-refractivity contribution is -0.123. The molecule has 3 rings (SSSR count). The largest absolute Gasteiger partial charge is 0.493 e. The smallest absolute Gasteiger partial charge is 0.373 e. The third kappa shape index (κ3) is 4.70. The first-order valence-corrected chi connectivity index (χ1v) is 9.56. The number of amides is 3. The summed E-state index contributed by atoms with van der Waals surface area (Å²) in [6.45, 7) is -0.416. The number of nitrogens with one attached hydrogen (secondary N) is 1. The van der Waals surface area contributed by atoms with Gasteiger partial charge in [0.05, 0.1) is 20.8 Å². The molecule has 2 heterocycles. The SMILES string of the molecule is COC(=O)c1ccc(CN2C(=O)N/C(=C\c3cc(Br)cc(OC)c3OCC#N)C2=O)o1. The summed E-state index contributed by atoms with van der Waals surface area (Å²) in [5, 5.41) is 11.3. The normalized spacial score (nSPS) is 14.4. The standard InChI is InChI=1S/C20H16BrN3O7/c1-28-16-9-12(21)7-11(17(16)30-6-5-22)8-14-18(25)24(20(27)23-14)10-13-3-4-15(31-13)19(26)29-2/h3-4,7-9H,6,10H2,1-2H3,(H,23,27)/b14-8-. The molecular formula is C20H16BrN3O7. The van der Waals surface area contributed by atoms with Gasteiger partial charge in [0.25, 0.3) is 5.91 Å². The van der Waals surface area contributed by atoms with Gasteiger partial charge in [-0.3, -0.25) is 9.69 Å². The molecule has 0 atom stereocenters. The number of halogens is 1. The fourth-order valence-corrected chi connectivity index (χ4v) is 3.26. The van der Waals surface area contributed by atoms with E-state index in [9.17, 15) is 14.4 Å². The summed E-state index contributed by atoms with van der Waals surface area (Å²) in [5.41, 5.74) is 0.407. The van der Waals surface area contributed by atoms with Crippen LogP contribution >= 0.6 is 15.9 Å². The van der Waals surface area contributed by atoms with Crippen molar-refractivity contribution in [3.63, 3.8) is 0 Å². The van der Waals surface area contributed by atoms with Gasteiger partial charge in [-0.25, -0.2) is 9.59 Å². The molecule has 1 aromatic heterocycles. The molecular weight excluding hydrogens is 474 g/mol. The van der Waals surface area contributed by atoms with Crippen LogP contribution in [0.5, 0.6) is 11.5 Å². The highest BCUT2D eigenvalue weighted by Crippen LogP contribution is 2.36. The zero-order valence-corrected chi connectivity index (χ0v) is 18.0. The fraction of sp³-hybridized carbons (Fsp3) is 0.200. The van der Waals surface area contributed by atoms with Crippen molar-refractivity contribution in [2.75, 3.05) is 20.8 Å². The number of methoxy groups -OCH3 is 2. The van der Waals surface area contributed by atoms with E-state index in [1.165, 1.54) is 32.4 Å². The van der Waals surface area contributed by atoms with Crippen LogP contribution in [0.15, 0.2) is 38.9 Å². The molecule has 1 aliphatic heterocycles. The predicted molar refractivity (Wildman–Crippen MR) is 109 cm³/mol. The van der Waals surface area contributed by atoms with E-state index in [1.54, 1.807) is 12.1 Å². The van der Waals surface area contributed by atoms with Crippen LogP contribution in [0.3, 0.4) is 0 Å². The van der Waals surface area contributed by atoms with Crippen molar-refractivity contribution in [3.8, 4) is 17.6 Å². The van der Waals surface area contributed by atoms with E-state index in [-0.39, 0.29) is 36.1 Å². The Kier molecular flexibility index (Phi) is 6.61. The summed E-state index contributed by atoms with van der Waals surface area (Å²) in [6, 6.07) is 7.37. The van der Waals surface area contributed by atoms with Crippen LogP contribution in [0.4, 0.5) is 4.79 Å². The van der Waals surface area contributed by atoms with Crippen molar-refractivity contribution in [1.82, 2.24) is 10.2 Å². The van der Waals surface area contributed by atoms with Crippen LogP contribution in [0.1, 0.15) is 21.9 Å². The molecule has 1 aliphatic rings. The Labute approximate surface area is 185 Å². The molecule has 0 spiro atoms. The Morgan fingerprint density at radius 1 is 1.32 bits per heavy atom. The van der Waals surface area contributed by atoms with E-state index >= 15 is 0 Å². The van der Waals surface area contributed by atoms with Crippen molar-refractivity contribution in [2.45, 2.75) is 6.54 Å². The molecule has 11 heteroatoms. The third-order valence-electron chi connectivity index (χ3n) is 4.17. The maximum atomic E-state index is 12.8. The number of hydrogen-bond donors (Lipinski definition) is 1. The second-order valence-corrected chi connectivity index (χ2v) is 7.03. The highest BCUT2D eigenvalue weighted by Gasteiger charge is 2.34. The first kappa shape index (κ1) is 21.9. The minimum atomic E-state index is -0.669. The van der Waals surface area contributed by atoms with E-state index in [4.69, 9.17) is 19.2 Å². The number of rotatable bonds is 7. The molecule has 2 aromatic rings. The van der Waals surface area contributed by atoms with Gasteiger partial charge in [-0.1, -0.05) is 15.9 Å². The predicted octanol–water partition coefficient (Wildman–Crippen LogP) is 2.83. The molecule has 3 amide bonds. The van der Waals surface area contributed by atoms with Gasteiger partial charge >= 0.3 is 12.0 Å². The number of esters is 1. The minimum absolute atomic E-state index is 0.00768. The topological polar surface area (TPSA) is 131 Å². The van der Waals surface area contributed by atoms with Crippen molar-refractivity contribution in [1.29, 1.82) is 5.26 Å². The molecule has 1 fully saturated rings. The van der Waals surface area contributed by atoms with Crippen LogP contribution in [0, 0.1) is 11.3 Å². The summed E-state index contributed by atoms with van der Waals surface area (Å²) < 4.78 is 21.2. The molecule has 0 radical (unpaired) electrons. The first-order valence-electron chi connectivity index (χ1n) is 8.76. The zero-order valence-electron chi connectivity index (χ0n) is 16.4. The van der Waals surface area contributed by atoms with E-state index in [1.807, 2.05) is 6.07 Å². The maximum Gasteiger partial charge on any atom is 0.373 e. The monoisotopic (exact) mass is 489 g/mol. The van der Waals surface area contributed by atoms with Crippen molar-refractivity contribution in [2.24, 2.45) is 0 Å². The number of ether oxygens (including phenoxy) is 3. The molecule has 160 valence electrons. The van der Waals surface area contributed by atoms with Crippen molar-refractivity contribution < 1.29 is 33.0 Å². The number of nitriles is 1. The summed E-state index contributed by atoms with van der Waals surface area (Å²) in [7, 11) is 2.65. The molecule has 0 aliphatic carbocycles. The van der Waals surface area contributed by atoms with Gasteiger partial charge in [0, 0.05) is 10.0 Å². The van der Waals surface area contributed by atoms with Gasteiger partial charge < -0.3 is 23.9 Å². The molecule has 1 aromatic carbocycles. The van der Waals surface area contributed by atoms with E-state index in [0.717, 1.165) is 4.90 Å². The quantitative estimate of drug-likeness (QED) is 0.356. The van der Waals surface area contributed by atoms with E-state index in [2.05, 4.69) is 26.0 Å². The Balaban J connectivity index is 1.88. The van der Waals surface area contributed by atoms with Crippen LogP contribution < -0.4 is 14.8 Å². The summed E-state index contributed by atoms with van der Waals surface area (Å²) >= 11 is 3.35. The fourth-order valence-electron chi connectivity index (χ4n) is 2.81. The number of imide groups is 1. The van der Waals surface area contributed by atoms with E-state index in [0.29, 0.717) is 15.8 Å². The number of urea groups is 1. The molecule has 0 saturated carbocycles. The second kappa shape index (κ2) is 9.36. The molecule has 1 saturated heterocycles. The average molecular weight is 490 g/mol. The maximum absolute atomic E-state index is 12.8.